The second-order valence-electron chi connectivity index (χ2n) is 11.3. The van der Waals surface area contributed by atoms with Crippen LogP contribution in [0.25, 0.3) is 16.1 Å². The van der Waals surface area contributed by atoms with E-state index in [2.05, 4.69) is 24.0 Å². The Bertz CT molecular complexity index is 1730. The largest absolute Gasteiger partial charge is 0.482 e. The molecule has 9 nitrogen and oxygen atoms in total. The Balaban J connectivity index is 1.47. The number of nitrogens with zero attached hydrogens (tertiary/aromatic N) is 4. The Labute approximate surface area is 253 Å². The Morgan fingerprint density at radius 1 is 1.00 bits per heavy atom. The Morgan fingerprint density at radius 2 is 1.70 bits per heavy atom. The van der Waals surface area contributed by atoms with Gasteiger partial charge in [-0.05, 0) is 64.8 Å². The number of hydrogen-bond donors (Lipinski definition) is 0. The average molecular weight is 605 g/mol. The molecule has 43 heavy (non-hydrogen) atoms. The number of carbonyl (C=O) groups excluding carboxylic acids is 2. The van der Waals surface area contributed by atoms with E-state index in [4.69, 9.17) is 19.2 Å². The van der Waals surface area contributed by atoms with E-state index < -0.39 is 29.4 Å². The van der Waals surface area contributed by atoms with Gasteiger partial charge in [0.15, 0.2) is 12.4 Å². The number of thiophene rings is 1. The SMILES string of the molecule is COC(=O)CC1N=C(c2ccc(-c3ccc(OCC(=O)OC(C)(C)C)cc3F)cc2)c2c(sc(C)c2C)-n2c(C)nnc21. The third kappa shape index (κ3) is 6.22. The molecule has 0 aliphatic carbocycles. The first-order valence-corrected chi connectivity index (χ1v) is 14.6. The van der Waals surface area contributed by atoms with E-state index in [1.165, 1.54) is 13.2 Å². The number of benzene rings is 2. The van der Waals surface area contributed by atoms with Gasteiger partial charge in [-0.25, -0.2) is 9.18 Å². The van der Waals surface area contributed by atoms with E-state index in [0.717, 1.165) is 26.6 Å². The van der Waals surface area contributed by atoms with Gasteiger partial charge < -0.3 is 14.2 Å². The summed E-state index contributed by atoms with van der Waals surface area (Å²) in [6.07, 6.45) is 0.0107. The van der Waals surface area contributed by atoms with Gasteiger partial charge in [0, 0.05) is 27.6 Å². The van der Waals surface area contributed by atoms with Crippen molar-refractivity contribution >= 4 is 29.0 Å². The summed E-state index contributed by atoms with van der Waals surface area (Å²) in [6.45, 7) is 11.0. The van der Waals surface area contributed by atoms with Crippen molar-refractivity contribution in [3.8, 4) is 21.9 Å². The molecule has 2 aromatic heterocycles. The van der Waals surface area contributed by atoms with Crippen molar-refractivity contribution in [2.24, 2.45) is 4.99 Å². The number of carbonyl (C=O) groups is 2. The van der Waals surface area contributed by atoms with Gasteiger partial charge in [0.2, 0.25) is 0 Å². The van der Waals surface area contributed by atoms with Crippen LogP contribution in [0.15, 0.2) is 47.5 Å². The first-order chi connectivity index (χ1) is 20.4. The number of aliphatic imine (C=N–C) groups is 1. The van der Waals surface area contributed by atoms with Gasteiger partial charge in [-0.15, -0.1) is 21.5 Å². The molecule has 1 atom stereocenters. The van der Waals surface area contributed by atoms with E-state index in [1.807, 2.05) is 35.8 Å². The van der Waals surface area contributed by atoms with Crippen molar-refractivity contribution in [2.75, 3.05) is 13.7 Å². The lowest BCUT2D eigenvalue weighted by Crippen LogP contribution is -2.27. The second kappa shape index (κ2) is 11.7. The maximum Gasteiger partial charge on any atom is 0.344 e. The maximum absolute atomic E-state index is 15.2. The second-order valence-corrected chi connectivity index (χ2v) is 12.5. The van der Waals surface area contributed by atoms with Crippen LogP contribution >= 0.6 is 11.3 Å². The molecule has 1 unspecified atom stereocenters. The molecule has 4 aromatic rings. The molecule has 5 rings (SSSR count). The number of hydrogen-bond acceptors (Lipinski definition) is 9. The highest BCUT2D eigenvalue weighted by Gasteiger charge is 2.32. The van der Waals surface area contributed by atoms with Gasteiger partial charge in [-0.1, -0.05) is 24.3 Å². The maximum atomic E-state index is 15.2. The van der Waals surface area contributed by atoms with E-state index in [-0.39, 0.29) is 18.8 Å². The third-order valence-electron chi connectivity index (χ3n) is 7.01. The zero-order valence-corrected chi connectivity index (χ0v) is 26.0. The Kier molecular flexibility index (Phi) is 8.20. The predicted molar refractivity (Wildman–Crippen MR) is 162 cm³/mol. The summed E-state index contributed by atoms with van der Waals surface area (Å²) in [5.41, 5.74) is 3.97. The highest BCUT2D eigenvalue weighted by Crippen LogP contribution is 2.40. The molecule has 0 fully saturated rings. The Hall–Kier alpha value is -4.38. The zero-order valence-electron chi connectivity index (χ0n) is 25.1. The van der Waals surface area contributed by atoms with Crippen molar-refractivity contribution in [1.29, 1.82) is 0 Å². The van der Waals surface area contributed by atoms with Gasteiger partial charge in [-0.3, -0.25) is 14.4 Å². The summed E-state index contributed by atoms with van der Waals surface area (Å²) in [7, 11) is 1.35. The van der Waals surface area contributed by atoms with Gasteiger partial charge in [0.05, 0.1) is 19.2 Å². The first-order valence-electron chi connectivity index (χ1n) is 13.8. The summed E-state index contributed by atoms with van der Waals surface area (Å²) in [4.78, 5) is 30.5. The van der Waals surface area contributed by atoms with Gasteiger partial charge in [0.1, 0.15) is 34.0 Å². The van der Waals surface area contributed by atoms with E-state index in [9.17, 15) is 9.59 Å². The molecule has 1 aliphatic rings. The van der Waals surface area contributed by atoms with Gasteiger partial charge in [0.25, 0.3) is 0 Å². The molecule has 3 heterocycles. The van der Waals surface area contributed by atoms with E-state index >= 15 is 4.39 Å². The fourth-order valence-corrected chi connectivity index (χ4v) is 6.12. The number of aryl methyl sites for hydroxylation is 2. The van der Waals surface area contributed by atoms with Gasteiger partial charge in [-0.2, -0.15) is 0 Å². The highest BCUT2D eigenvalue weighted by atomic mass is 32.1. The molecule has 0 spiro atoms. The molecule has 0 N–H and O–H groups in total. The van der Waals surface area contributed by atoms with Crippen molar-refractivity contribution < 1.29 is 28.2 Å². The number of halogens is 1. The zero-order chi connectivity index (χ0) is 31.1. The summed E-state index contributed by atoms with van der Waals surface area (Å²) in [6, 6.07) is 11.3. The van der Waals surface area contributed by atoms with Crippen LogP contribution < -0.4 is 4.74 Å². The molecule has 11 heteroatoms. The van der Waals surface area contributed by atoms with Crippen molar-refractivity contribution in [1.82, 2.24) is 14.8 Å². The molecule has 224 valence electrons. The molecule has 0 saturated carbocycles. The van der Waals surface area contributed by atoms with Crippen LogP contribution in [-0.4, -0.2) is 51.7 Å². The summed E-state index contributed by atoms with van der Waals surface area (Å²) < 4.78 is 32.8. The van der Waals surface area contributed by atoms with Crippen molar-refractivity contribution in [3.63, 3.8) is 0 Å². The molecular formula is C32H33FN4O5S. The number of aromatic nitrogens is 3. The summed E-state index contributed by atoms with van der Waals surface area (Å²) in [5, 5.41) is 9.61. The highest BCUT2D eigenvalue weighted by molar-refractivity contribution is 7.15. The van der Waals surface area contributed by atoms with Crippen LogP contribution in [0.3, 0.4) is 0 Å². The fraction of sp³-hybridized carbons (Fsp3) is 0.344. The third-order valence-corrected chi connectivity index (χ3v) is 8.21. The molecular weight excluding hydrogens is 571 g/mol. The van der Waals surface area contributed by atoms with Crippen LogP contribution in [0.5, 0.6) is 5.75 Å². The van der Waals surface area contributed by atoms with Crippen LogP contribution in [0.1, 0.15) is 66.5 Å². The van der Waals surface area contributed by atoms with Crippen LogP contribution in [0.4, 0.5) is 4.39 Å². The number of ether oxygens (including phenoxy) is 3. The minimum atomic E-state index is -0.632. The number of fused-ring (bicyclic) bond motifs is 3. The van der Waals surface area contributed by atoms with Crippen LogP contribution in [0, 0.1) is 26.6 Å². The fourth-order valence-electron chi connectivity index (χ4n) is 4.91. The van der Waals surface area contributed by atoms with Crippen LogP contribution in [0.2, 0.25) is 0 Å². The summed E-state index contributed by atoms with van der Waals surface area (Å²) in [5.74, 6) is 0.0895. The topological polar surface area (TPSA) is 105 Å². The lowest BCUT2D eigenvalue weighted by Gasteiger charge is -2.19. The molecule has 2 aromatic carbocycles. The average Bonchev–Trinajstić information content (AvgIpc) is 3.43. The lowest BCUT2D eigenvalue weighted by molar-refractivity contribution is -0.157. The quantitative estimate of drug-likeness (QED) is 0.230. The standard InChI is InChI=1S/C32H33FN4O5S/c1-17-18(2)43-31-28(17)29(34-25(15-26(38)40-7)30-36-35-19(3)37(30)31)21-10-8-20(9-11-21)23-13-12-22(14-24(23)33)41-16-27(39)42-32(4,5)6/h8-14,25H,15-16H2,1-7H3. The molecule has 0 radical (unpaired) electrons. The van der Waals surface area contributed by atoms with E-state index in [1.54, 1.807) is 44.2 Å². The van der Waals surface area contributed by atoms with E-state index in [0.29, 0.717) is 28.5 Å². The smallest absolute Gasteiger partial charge is 0.344 e. The molecule has 0 amide bonds. The molecule has 0 saturated heterocycles. The number of esters is 2. The lowest BCUT2D eigenvalue weighted by atomic mass is 9.97. The minimum Gasteiger partial charge on any atom is -0.482 e. The molecule has 1 aliphatic heterocycles. The monoisotopic (exact) mass is 604 g/mol. The Morgan fingerprint density at radius 3 is 2.35 bits per heavy atom. The summed E-state index contributed by atoms with van der Waals surface area (Å²) >= 11 is 1.62. The number of rotatable bonds is 7. The predicted octanol–water partition coefficient (Wildman–Crippen LogP) is 6.24. The number of methoxy groups -OCH3 is 1. The first kappa shape index (κ1) is 30.1. The van der Waals surface area contributed by atoms with Crippen molar-refractivity contribution in [3.05, 3.63) is 81.5 Å². The van der Waals surface area contributed by atoms with Gasteiger partial charge >= 0.3 is 11.9 Å². The van der Waals surface area contributed by atoms with Crippen molar-refractivity contribution in [2.45, 2.75) is 59.6 Å². The van der Waals surface area contributed by atoms with Crippen LogP contribution in [-0.2, 0) is 19.1 Å². The molecule has 0 bridgehead atoms. The minimum absolute atomic E-state index is 0.0107. The normalized spacial score (nSPS) is 14.3.